The number of amides is 3. The fourth-order valence-electron chi connectivity index (χ4n) is 3.91. The maximum absolute atomic E-state index is 13.1. The summed E-state index contributed by atoms with van der Waals surface area (Å²) in [5.74, 6) is -1.10. The van der Waals surface area contributed by atoms with Gasteiger partial charge in [0.2, 0.25) is 11.6 Å². The minimum absolute atomic E-state index is 0.0780. The molecule has 2 bridgehead atoms. The number of nitrogens with one attached hydrogen (secondary N) is 3. The number of aromatic nitrogens is 1. The molecule has 0 radical (unpaired) electrons. The molecule has 0 spiro atoms. The van der Waals surface area contributed by atoms with Crippen LogP contribution in [-0.2, 0) is 0 Å². The van der Waals surface area contributed by atoms with E-state index in [1.165, 1.54) is 17.0 Å². The van der Waals surface area contributed by atoms with Gasteiger partial charge in [0, 0.05) is 18.6 Å². The number of rotatable bonds is 3. The summed E-state index contributed by atoms with van der Waals surface area (Å²) >= 11 is 0. The minimum Gasteiger partial charge on any atom is -0.628 e. The Kier molecular flexibility index (Phi) is 5.21. The fraction of sp³-hybridized carbons (Fsp3) is 0.389. The van der Waals surface area contributed by atoms with Gasteiger partial charge in [0.25, 0.3) is 5.91 Å². The average molecular weight is 440 g/mol. The highest BCUT2D eigenvalue weighted by Gasteiger charge is 2.48. The molecule has 0 aromatic carbocycles. The van der Waals surface area contributed by atoms with Gasteiger partial charge in [-0.05, 0) is 12.1 Å². The zero-order valence-electron chi connectivity index (χ0n) is 16.1. The standard InChI is InChI=1S/C18H19F3N6O4/c19-18(20,21)10-22-16(28)12-4-5-13-15(23-12)26(11-6-8-27(13,31)9-11)17(29)24-14-3-1-2-7-25(14)30/h1-5,11,25H,6-10H2,(H,22,28)(H,24,29)/t11-,27?/m0/s1. The molecule has 31 heavy (non-hydrogen) atoms. The fourth-order valence-corrected chi connectivity index (χ4v) is 3.91. The van der Waals surface area contributed by atoms with Crippen molar-refractivity contribution in [3.8, 4) is 0 Å². The number of hydroxylamine groups is 4. The maximum atomic E-state index is 13.1. The molecule has 10 nitrogen and oxygen atoms in total. The number of quaternary nitrogens is 2. The van der Waals surface area contributed by atoms with E-state index in [9.17, 15) is 33.2 Å². The Hall–Kier alpha value is -3.00. The molecule has 3 amide bonds. The van der Waals surface area contributed by atoms with E-state index >= 15 is 0 Å². The first-order valence-electron chi connectivity index (χ1n) is 9.52. The summed E-state index contributed by atoms with van der Waals surface area (Å²) in [5.41, 5.74) is -0.217. The van der Waals surface area contributed by atoms with Gasteiger partial charge in [0.1, 0.15) is 25.3 Å². The first kappa shape index (κ1) is 21.2. The van der Waals surface area contributed by atoms with Gasteiger partial charge in [-0.3, -0.25) is 15.0 Å². The zero-order valence-corrected chi connectivity index (χ0v) is 16.1. The second-order valence-corrected chi connectivity index (χ2v) is 7.51. The first-order valence-corrected chi connectivity index (χ1v) is 9.52. The van der Waals surface area contributed by atoms with Crippen molar-refractivity contribution in [2.45, 2.75) is 18.6 Å². The number of halogens is 3. The molecule has 166 valence electrons. The predicted molar refractivity (Wildman–Crippen MR) is 103 cm³/mol. The quantitative estimate of drug-likeness (QED) is 0.460. The van der Waals surface area contributed by atoms with E-state index in [4.69, 9.17) is 0 Å². The summed E-state index contributed by atoms with van der Waals surface area (Å²) in [6.45, 7) is -1.14. The van der Waals surface area contributed by atoms with Gasteiger partial charge in [-0.15, -0.1) is 0 Å². The molecule has 1 saturated heterocycles. The molecule has 4 heterocycles. The van der Waals surface area contributed by atoms with E-state index in [1.807, 2.05) is 0 Å². The molecular formula is C18H19F3N6O4. The highest BCUT2D eigenvalue weighted by molar-refractivity contribution is 5.99. The van der Waals surface area contributed by atoms with Gasteiger partial charge in [-0.1, -0.05) is 6.08 Å². The van der Waals surface area contributed by atoms with Crippen LogP contribution in [0.2, 0.25) is 0 Å². The number of carbonyl (C=O) groups excluding carboxylic acids is 2. The van der Waals surface area contributed by atoms with Crippen molar-refractivity contribution >= 4 is 23.4 Å². The molecule has 13 heteroatoms. The van der Waals surface area contributed by atoms with Crippen molar-refractivity contribution in [1.82, 2.24) is 20.3 Å². The number of alkyl halides is 3. The van der Waals surface area contributed by atoms with Crippen LogP contribution in [0.3, 0.4) is 0 Å². The normalized spacial score (nSPS) is 26.9. The third kappa shape index (κ3) is 4.12. The smallest absolute Gasteiger partial charge is 0.405 e. The van der Waals surface area contributed by atoms with Gasteiger partial charge in [-0.25, -0.2) is 9.78 Å². The molecule has 1 aromatic rings. The second kappa shape index (κ2) is 7.60. The lowest BCUT2D eigenvalue weighted by molar-refractivity contribution is -0.803. The van der Waals surface area contributed by atoms with Crippen LogP contribution in [0.25, 0.3) is 0 Å². The maximum Gasteiger partial charge on any atom is 0.405 e. The van der Waals surface area contributed by atoms with Crippen molar-refractivity contribution in [3.05, 3.63) is 52.3 Å². The summed E-state index contributed by atoms with van der Waals surface area (Å²) < 4.78 is 36.5. The Bertz CT molecular complexity index is 982. The molecule has 3 aliphatic heterocycles. The molecule has 1 aromatic heterocycles. The highest BCUT2D eigenvalue weighted by atomic mass is 19.4. The number of hydrogen-bond acceptors (Lipinski definition) is 5. The minimum atomic E-state index is -4.60. The van der Waals surface area contributed by atoms with Crippen LogP contribution in [0.4, 0.5) is 29.5 Å². The van der Waals surface area contributed by atoms with Crippen LogP contribution >= 0.6 is 0 Å². The number of fused-ring (bicyclic) bond motifs is 4. The van der Waals surface area contributed by atoms with Crippen LogP contribution in [-0.4, -0.2) is 55.3 Å². The van der Waals surface area contributed by atoms with Crippen molar-refractivity contribution in [3.63, 3.8) is 0 Å². The van der Waals surface area contributed by atoms with Gasteiger partial charge in [0.15, 0.2) is 5.69 Å². The Morgan fingerprint density at radius 2 is 2.13 bits per heavy atom. The first-order chi connectivity index (χ1) is 14.6. The summed E-state index contributed by atoms with van der Waals surface area (Å²) in [7, 11) is 0. The Balaban J connectivity index is 1.65. The number of anilines is 1. The van der Waals surface area contributed by atoms with E-state index in [-0.39, 0.29) is 47.7 Å². The number of nitrogens with zero attached hydrogens (tertiary/aromatic N) is 3. The lowest BCUT2D eigenvalue weighted by atomic mass is 10.1. The molecule has 3 atom stereocenters. The number of allylic oxidation sites excluding steroid dienone is 2. The Morgan fingerprint density at radius 3 is 2.84 bits per heavy atom. The summed E-state index contributed by atoms with van der Waals surface area (Å²) in [4.78, 5) is 30.4. The highest BCUT2D eigenvalue weighted by Crippen LogP contribution is 2.43. The SMILES string of the molecule is O=C(NCC(F)(F)F)c1ccc2c(n1)N(C(=O)NC1=CC=CC[NH+]1[O-])[C@H]1CC[N+]2([O-])C1. The van der Waals surface area contributed by atoms with E-state index in [1.54, 1.807) is 17.5 Å². The predicted octanol–water partition coefficient (Wildman–Crippen LogP) is 0.275. The van der Waals surface area contributed by atoms with Crippen LogP contribution < -0.4 is 25.2 Å². The molecular weight excluding hydrogens is 421 g/mol. The molecule has 1 fully saturated rings. The van der Waals surface area contributed by atoms with Crippen LogP contribution in [0.15, 0.2) is 36.2 Å². The number of carbonyl (C=O) groups is 2. The number of hydrogen-bond donors (Lipinski definition) is 3. The van der Waals surface area contributed by atoms with Crippen molar-refractivity contribution in [2.24, 2.45) is 0 Å². The molecule has 3 N–H and O–H groups in total. The van der Waals surface area contributed by atoms with Gasteiger partial charge < -0.3 is 25.4 Å². The molecule has 0 saturated carbocycles. The number of pyridine rings is 1. The molecule has 4 rings (SSSR count). The van der Waals surface area contributed by atoms with E-state index in [2.05, 4.69) is 10.3 Å². The summed E-state index contributed by atoms with van der Waals surface area (Å²) in [6.07, 6.45) is 0.487. The third-order valence-electron chi connectivity index (χ3n) is 5.36. The second-order valence-electron chi connectivity index (χ2n) is 7.51. The van der Waals surface area contributed by atoms with Crippen molar-refractivity contribution in [1.29, 1.82) is 0 Å². The third-order valence-corrected chi connectivity index (χ3v) is 5.36. The van der Waals surface area contributed by atoms with Gasteiger partial charge >= 0.3 is 12.2 Å². The zero-order chi connectivity index (χ0) is 22.4. The van der Waals surface area contributed by atoms with Crippen LogP contribution in [0.1, 0.15) is 16.9 Å². The Labute approximate surface area is 174 Å². The van der Waals surface area contributed by atoms with Crippen molar-refractivity contribution < 1.29 is 27.8 Å². The Morgan fingerprint density at radius 1 is 1.35 bits per heavy atom. The lowest BCUT2D eigenvalue weighted by Gasteiger charge is -2.44. The van der Waals surface area contributed by atoms with Gasteiger partial charge in [-0.2, -0.15) is 13.2 Å². The monoisotopic (exact) mass is 440 g/mol. The summed E-state index contributed by atoms with van der Waals surface area (Å²) in [6, 6.07) is 1.25. The number of urea groups is 1. The summed E-state index contributed by atoms with van der Waals surface area (Å²) in [5, 5.41) is 29.1. The van der Waals surface area contributed by atoms with E-state index in [0.717, 1.165) is 6.07 Å². The van der Waals surface area contributed by atoms with Crippen LogP contribution in [0.5, 0.6) is 0 Å². The van der Waals surface area contributed by atoms with Gasteiger partial charge in [0.05, 0.1) is 12.6 Å². The molecule has 0 aliphatic carbocycles. The molecule has 3 aliphatic rings. The topological polar surface area (TPSA) is 125 Å². The van der Waals surface area contributed by atoms with E-state index < -0.39 is 35.3 Å². The van der Waals surface area contributed by atoms with Crippen LogP contribution in [0, 0.1) is 10.4 Å². The lowest BCUT2D eigenvalue weighted by Crippen LogP contribution is -3.07. The largest absolute Gasteiger partial charge is 0.628 e. The van der Waals surface area contributed by atoms with Crippen molar-refractivity contribution in [2.75, 3.05) is 31.1 Å². The van der Waals surface area contributed by atoms with E-state index in [0.29, 0.717) is 6.42 Å². The average Bonchev–Trinajstić information content (AvgIpc) is 3.05. The molecule has 2 unspecified atom stereocenters.